The molecular formula is C13H15ClO3. The van der Waals surface area contributed by atoms with E-state index in [0.29, 0.717) is 11.3 Å². The minimum Gasteiger partial charge on any atom is -0.493 e. The summed E-state index contributed by atoms with van der Waals surface area (Å²) in [6.07, 6.45) is 0.766. The molecule has 0 spiro atoms. The minimum absolute atomic E-state index is 0.0216. The van der Waals surface area contributed by atoms with Crippen molar-refractivity contribution in [3.8, 4) is 11.5 Å². The highest BCUT2D eigenvalue weighted by atomic mass is 35.5. The number of carbonyl (C=O) groups excluding carboxylic acids is 1. The van der Waals surface area contributed by atoms with Gasteiger partial charge in [0.2, 0.25) is 0 Å². The molecule has 1 aromatic rings. The summed E-state index contributed by atoms with van der Waals surface area (Å²) in [5.74, 6) is 1.22. The van der Waals surface area contributed by atoms with Crippen molar-refractivity contribution in [3.63, 3.8) is 0 Å². The van der Waals surface area contributed by atoms with E-state index in [9.17, 15) is 4.79 Å². The van der Waals surface area contributed by atoms with Gasteiger partial charge in [-0.3, -0.25) is 4.79 Å². The third-order valence-corrected chi connectivity index (χ3v) is 3.03. The molecule has 0 amide bonds. The number of fused-ring (bicyclic) bond motifs is 1. The zero-order valence-electron chi connectivity index (χ0n) is 10.2. The van der Waals surface area contributed by atoms with Crippen molar-refractivity contribution in [3.05, 3.63) is 23.3 Å². The van der Waals surface area contributed by atoms with Crippen LogP contribution in [-0.4, -0.2) is 24.4 Å². The average molecular weight is 255 g/mol. The third kappa shape index (κ3) is 2.25. The van der Waals surface area contributed by atoms with Crippen LogP contribution >= 0.6 is 11.6 Å². The van der Waals surface area contributed by atoms with Gasteiger partial charge in [0.1, 0.15) is 5.60 Å². The Kier molecular flexibility index (Phi) is 3.04. The fourth-order valence-corrected chi connectivity index (χ4v) is 2.22. The molecule has 1 aliphatic rings. The molecule has 0 saturated carbocycles. The van der Waals surface area contributed by atoms with Gasteiger partial charge in [-0.25, -0.2) is 0 Å². The number of alkyl halides is 1. The van der Waals surface area contributed by atoms with Crippen molar-refractivity contribution in [2.45, 2.75) is 25.9 Å². The van der Waals surface area contributed by atoms with E-state index >= 15 is 0 Å². The molecular weight excluding hydrogens is 240 g/mol. The van der Waals surface area contributed by atoms with Gasteiger partial charge in [-0.2, -0.15) is 0 Å². The van der Waals surface area contributed by atoms with Gasteiger partial charge in [0.15, 0.2) is 17.3 Å². The highest BCUT2D eigenvalue weighted by Gasteiger charge is 2.33. The summed E-state index contributed by atoms with van der Waals surface area (Å²) < 4.78 is 11.1. The number of ketones is 1. The van der Waals surface area contributed by atoms with E-state index < -0.39 is 0 Å². The molecule has 2 rings (SSSR count). The number of benzene rings is 1. The van der Waals surface area contributed by atoms with E-state index in [-0.39, 0.29) is 17.3 Å². The Morgan fingerprint density at radius 2 is 2.24 bits per heavy atom. The molecule has 0 bridgehead atoms. The lowest BCUT2D eigenvalue weighted by atomic mass is 9.99. The summed E-state index contributed by atoms with van der Waals surface area (Å²) in [4.78, 5) is 11.6. The Hall–Kier alpha value is -1.22. The molecule has 4 heteroatoms. The van der Waals surface area contributed by atoms with Crippen LogP contribution in [0.1, 0.15) is 29.8 Å². The Balaban J connectivity index is 2.49. The molecule has 0 radical (unpaired) electrons. The number of carbonyl (C=O) groups is 1. The number of Topliss-reactive ketones (excluding diaryl/α,β-unsaturated/α-hetero) is 1. The van der Waals surface area contributed by atoms with Gasteiger partial charge in [0, 0.05) is 17.5 Å². The first-order valence-corrected chi connectivity index (χ1v) is 5.99. The smallest absolute Gasteiger partial charge is 0.177 e. The van der Waals surface area contributed by atoms with Crippen LogP contribution in [0, 0.1) is 0 Å². The standard InChI is InChI=1S/C13H15ClO3/c1-13(2)6-9-4-8(10(15)7-14)5-11(16-3)12(9)17-13/h4-5H,6-7H2,1-3H3. The van der Waals surface area contributed by atoms with Crippen molar-refractivity contribution in [2.24, 2.45) is 0 Å². The lowest BCUT2D eigenvalue weighted by molar-refractivity contribution is 0.102. The zero-order chi connectivity index (χ0) is 12.6. The van der Waals surface area contributed by atoms with Gasteiger partial charge in [-0.15, -0.1) is 11.6 Å². The number of rotatable bonds is 3. The summed E-state index contributed by atoms with van der Waals surface area (Å²) in [6, 6.07) is 3.53. The molecule has 0 aromatic heterocycles. The van der Waals surface area contributed by atoms with Gasteiger partial charge in [-0.05, 0) is 26.0 Å². The molecule has 1 aliphatic heterocycles. The van der Waals surface area contributed by atoms with E-state index in [0.717, 1.165) is 17.7 Å². The van der Waals surface area contributed by atoms with E-state index in [2.05, 4.69) is 0 Å². The van der Waals surface area contributed by atoms with Crippen molar-refractivity contribution >= 4 is 17.4 Å². The molecule has 17 heavy (non-hydrogen) atoms. The SMILES string of the molecule is COc1cc(C(=O)CCl)cc2c1OC(C)(C)C2. The van der Waals surface area contributed by atoms with E-state index in [4.69, 9.17) is 21.1 Å². The van der Waals surface area contributed by atoms with Crippen LogP contribution in [0.4, 0.5) is 0 Å². The van der Waals surface area contributed by atoms with Crippen molar-refractivity contribution in [2.75, 3.05) is 13.0 Å². The maximum absolute atomic E-state index is 11.6. The predicted octanol–water partition coefficient (Wildman–Crippen LogP) is 2.83. The second kappa shape index (κ2) is 4.22. The molecule has 1 heterocycles. The molecule has 0 fully saturated rings. The first kappa shape index (κ1) is 12.2. The van der Waals surface area contributed by atoms with Crippen LogP contribution in [0.3, 0.4) is 0 Å². The van der Waals surface area contributed by atoms with E-state index in [1.165, 1.54) is 0 Å². The normalized spacial score (nSPS) is 16.2. The lowest BCUT2D eigenvalue weighted by Gasteiger charge is -2.17. The fourth-order valence-electron chi connectivity index (χ4n) is 2.07. The van der Waals surface area contributed by atoms with Crippen LogP contribution in [-0.2, 0) is 6.42 Å². The van der Waals surface area contributed by atoms with Crippen molar-refractivity contribution < 1.29 is 14.3 Å². The summed E-state index contributed by atoms with van der Waals surface area (Å²) in [6.45, 7) is 4.02. The Morgan fingerprint density at radius 1 is 1.53 bits per heavy atom. The largest absolute Gasteiger partial charge is 0.493 e. The van der Waals surface area contributed by atoms with Gasteiger partial charge < -0.3 is 9.47 Å². The maximum Gasteiger partial charge on any atom is 0.177 e. The molecule has 92 valence electrons. The molecule has 0 aliphatic carbocycles. The fraction of sp³-hybridized carbons (Fsp3) is 0.462. The minimum atomic E-state index is -0.252. The summed E-state index contributed by atoms with van der Waals surface area (Å²) in [5.41, 5.74) is 1.33. The zero-order valence-corrected chi connectivity index (χ0v) is 10.9. The van der Waals surface area contributed by atoms with Crippen LogP contribution < -0.4 is 9.47 Å². The quantitative estimate of drug-likeness (QED) is 0.615. The monoisotopic (exact) mass is 254 g/mol. The average Bonchev–Trinajstić information content (AvgIpc) is 2.60. The topological polar surface area (TPSA) is 35.5 Å². The summed E-state index contributed by atoms with van der Waals surface area (Å²) in [5, 5.41) is 0. The van der Waals surface area contributed by atoms with Crippen LogP contribution in [0.5, 0.6) is 11.5 Å². The maximum atomic E-state index is 11.6. The molecule has 0 unspecified atom stereocenters. The van der Waals surface area contributed by atoms with Crippen molar-refractivity contribution in [1.82, 2.24) is 0 Å². The van der Waals surface area contributed by atoms with Gasteiger partial charge in [0.25, 0.3) is 0 Å². The number of ether oxygens (including phenoxy) is 2. The van der Waals surface area contributed by atoms with Gasteiger partial charge in [-0.1, -0.05) is 0 Å². The van der Waals surface area contributed by atoms with Gasteiger partial charge >= 0.3 is 0 Å². The number of methoxy groups -OCH3 is 1. The molecule has 0 saturated heterocycles. The highest BCUT2D eigenvalue weighted by molar-refractivity contribution is 6.30. The number of hydrogen-bond acceptors (Lipinski definition) is 3. The van der Waals surface area contributed by atoms with E-state index in [1.807, 2.05) is 19.9 Å². The van der Waals surface area contributed by atoms with E-state index in [1.54, 1.807) is 13.2 Å². The first-order valence-electron chi connectivity index (χ1n) is 5.46. The highest BCUT2D eigenvalue weighted by Crippen LogP contribution is 2.42. The lowest BCUT2D eigenvalue weighted by Crippen LogP contribution is -2.24. The number of halogens is 1. The Morgan fingerprint density at radius 3 is 2.82 bits per heavy atom. The van der Waals surface area contributed by atoms with Gasteiger partial charge in [0.05, 0.1) is 13.0 Å². The van der Waals surface area contributed by atoms with Crippen molar-refractivity contribution in [1.29, 1.82) is 0 Å². The number of hydrogen-bond donors (Lipinski definition) is 0. The third-order valence-electron chi connectivity index (χ3n) is 2.79. The molecule has 1 aromatic carbocycles. The first-order chi connectivity index (χ1) is 7.96. The summed E-state index contributed by atoms with van der Waals surface area (Å²) >= 11 is 5.57. The molecule has 0 N–H and O–H groups in total. The summed E-state index contributed by atoms with van der Waals surface area (Å²) in [7, 11) is 1.57. The molecule has 3 nitrogen and oxygen atoms in total. The van der Waals surface area contributed by atoms with Crippen LogP contribution in [0.2, 0.25) is 0 Å². The second-order valence-corrected chi connectivity index (χ2v) is 5.03. The van der Waals surface area contributed by atoms with Crippen LogP contribution in [0.15, 0.2) is 12.1 Å². The Bertz CT molecular complexity index is 466. The second-order valence-electron chi connectivity index (χ2n) is 4.76. The molecule has 0 atom stereocenters. The Labute approximate surface area is 106 Å². The predicted molar refractivity (Wildman–Crippen MR) is 66.5 cm³/mol. The van der Waals surface area contributed by atoms with Crippen LogP contribution in [0.25, 0.3) is 0 Å².